The second-order valence-electron chi connectivity index (χ2n) is 13.0. The number of rotatable bonds is 10. The molecule has 5 aliphatic rings. The van der Waals surface area contributed by atoms with Crippen LogP contribution in [0.5, 0.6) is 0 Å². The van der Waals surface area contributed by atoms with Gasteiger partial charge in [-0.1, -0.05) is 80.4 Å². The Hall–Kier alpha value is -2.41. The van der Waals surface area contributed by atoms with Crippen molar-refractivity contribution in [3.05, 3.63) is 76.5 Å². The molecule has 210 valence electrons. The van der Waals surface area contributed by atoms with E-state index in [0.717, 1.165) is 54.7 Å². The van der Waals surface area contributed by atoms with Gasteiger partial charge in [-0.25, -0.2) is 0 Å². The smallest absolute Gasteiger partial charge is 0.0871 e. The van der Waals surface area contributed by atoms with Gasteiger partial charge in [0.15, 0.2) is 0 Å². The fourth-order valence-corrected chi connectivity index (χ4v) is 8.56. The molecule has 0 N–H and O–H groups in total. The second kappa shape index (κ2) is 11.5. The standard InChI is InChI=1S/C37H46N2S/c1-5-17-38(18-6-2)19-9-7-8-10-29-20-31(28-13-11-26(3)12-14-28)22-32(29)21-30-23-36(40)39(27(30)4)35-24-33-15-16-37(33)25-34(35)37/h11-14,20-21,33-35H,4-7,9,15-19,22-25H2,1-3H3/b30-21+. The van der Waals surface area contributed by atoms with Crippen LogP contribution in [-0.4, -0.2) is 40.5 Å². The molecule has 4 fully saturated rings. The first-order valence-electron chi connectivity index (χ1n) is 15.9. The number of hydrogen-bond acceptors (Lipinski definition) is 2. The van der Waals surface area contributed by atoms with E-state index in [0.29, 0.717) is 11.5 Å². The molecule has 0 amide bonds. The zero-order chi connectivity index (χ0) is 27.9. The zero-order valence-corrected chi connectivity index (χ0v) is 25.7. The van der Waals surface area contributed by atoms with Crippen LogP contribution >= 0.6 is 12.2 Å². The minimum atomic E-state index is 0.594. The van der Waals surface area contributed by atoms with Gasteiger partial charge in [-0.3, -0.25) is 0 Å². The summed E-state index contributed by atoms with van der Waals surface area (Å²) < 4.78 is 0. The number of nitrogens with zero attached hydrogens (tertiary/aromatic N) is 2. The molecule has 1 aromatic rings. The molecule has 1 aromatic carbocycles. The highest BCUT2D eigenvalue weighted by atomic mass is 32.1. The number of unbranched alkanes of at least 4 members (excludes halogenated alkanes) is 1. The normalized spacial score (nSPS) is 29.5. The molecule has 0 radical (unpaired) electrons. The van der Waals surface area contributed by atoms with Crippen LogP contribution < -0.4 is 0 Å². The Morgan fingerprint density at radius 1 is 1.12 bits per heavy atom. The SMILES string of the molecule is C=C1/C(=C/C2=C(C#CCCCN(CCC)CCC)C=C(c3ccc(C)cc3)C2)CC(=S)N1C1CC2CCC23CC13. The Kier molecular flexibility index (Phi) is 7.95. The topological polar surface area (TPSA) is 6.48 Å². The van der Waals surface area contributed by atoms with E-state index in [-0.39, 0.29) is 0 Å². The third kappa shape index (κ3) is 5.19. The molecule has 3 heteroatoms. The van der Waals surface area contributed by atoms with Gasteiger partial charge in [0.1, 0.15) is 0 Å². The van der Waals surface area contributed by atoms with Crippen molar-refractivity contribution in [1.82, 2.24) is 9.80 Å². The molecule has 4 atom stereocenters. The highest BCUT2D eigenvalue weighted by Crippen LogP contribution is 2.77. The van der Waals surface area contributed by atoms with E-state index < -0.39 is 0 Å². The lowest BCUT2D eigenvalue weighted by atomic mass is 9.71. The van der Waals surface area contributed by atoms with Crippen LogP contribution in [-0.2, 0) is 0 Å². The molecule has 4 aliphatic carbocycles. The van der Waals surface area contributed by atoms with Gasteiger partial charge in [0.05, 0.1) is 4.99 Å². The molecule has 0 aromatic heterocycles. The summed E-state index contributed by atoms with van der Waals surface area (Å²) in [5.41, 5.74) is 9.64. The first-order chi connectivity index (χ1) is 19.4. The molecule has 0 bridgehead atoms. The van der Waals surface area contributed by atoms with Crippen LogP contribution in [0.1, 0.15) is 89.2 Å². The number of hydrogen-bond donors (Lipinski definition) is 0. The first kappa shape index (κ1) is 27.7. The minimum Gasteiger partial charge on any atom is -0.333 e. The van der Waals surface area contributed by atoms with Gasteiger partial charge in [0.2, 0.25) is 0 Å². The Labute approximate surface area is 248 Å². The Balaban J connectivity index is 1.19. The van der Waals surface area contributed by atoms with Gasteiger partial charge in [-0.15, -0.1) is 0 Å². The largest absolute Gasteiger partial charge is 0.333 e. The number of benzene rings is 1. The van der Waals surface area contributed by atoms with Gasteiger partial charge in [0.25, 0.3) is 0 Å². The quantitative estimate of drug-likeness (QED) is 0.164. The molecule has 40 heavy (non-hydrogen) atoms. The molecule has 1 aliphatic heterocycles. The third-order valence-electron chi connectivity index (χ3n) is 10.4. The van der Waals surface area contributed by atoms with Crippen LogP contribution in [0.3, 0.4) is 0 Å². The Morgan fingerprint density at radius 2 is 1.90 bits per heavy atom. The van der Waals surface area contributed by atoms with Crippen molar-refractivity contribution in [1.29, 1.82) is 0 Å². The van der Waals surface area contributed by atoms with E-state index in [4.69, 9.17) is 12.2 Å². The summed E-state index contributed by atoms with van der Waals surface area (Å²) >= 11 is 6.00. The summed E-state index contributed by atoms with van der Waals surface area (Å²) in [6.45, 7) is 14.8. The van der Waals surface area contributed by atoms with E-state index in [1.807, 2.05) is 0 Å². The number of aryl methyl sites for hydroxylation is 1. The Bertz CT molecular complexity index is 1330. The van der Waals surface area contributed by atoms with Crippen molar-refractivity contribution in [3.63, 3.8) is 0 Å². The van der Waals surface area contributed by atoms with Crippen molar-refractivity contribution in [2.75, 3.05) is 19.6 Å². The first-order valence-corrected chi connectivity index (χ1v) is 16.3. The molecule has 2 nitrogen and oxygen atoms in total. The summed E-state index contributed by atoms with van der Waals surface area (Å²) in [6.07, 6.45) is 16.7. The van der Waals surface area contributed by atoms with Crippen LogP contribution in [0.2, 0.25) is 0 Å². The summed E-state index contributed by atoms with van der Waals surface area (Å²) in [4.78, 5) is 6.15. The maximum absolute atomic E-state index is 6.00. The maximum Gasteiger partial charge on any atom is 0.0871 e. The fourth-order valence-electron chi connectivity index (χ4n) is 8.16. The van der Waals surface area contributed by atoms with Crippen molar-refractivity contribution < 1.29 is 0 Å². The van der Waals surface area contributed by atoms with E-state index in [9.17, 15) is 0 Å². The second-order valence-corrected chi connectivity index (χ2v) is 13.5. The van der Waals surface area contributed by atoms with E-state index in [2.05, 4.69) is 85.4 Å². The van der Waals surface area contributed by atoms with Crippen molar-refractivity contribution in [2.45, 2.75) is 91.0 Å². The summed E-state index contributed by atoms with van der Waals surface area (Å²) in [5, 5.41) is 0. The average Bonchev–Trinajstić information content (AvgIpc) is 3.43. The summed E-state index contributed by atoms with van der Waals surface area (Å²) in [6, 6.07) is 9.53. The van der Waals surface area contributed by atoms with Crippen LogP contribution in [0, 0.1) is 36.0 Å². The third-order valence-corrected chi connectivity index (χ3v) is 10.8. The lowest BCUT2D eigenvalue weighted by Gasteiger charge is -2.34. The Morgan fingerprint density at radius 3 is 2.52 bits per heavy atom. The van der Waals surface area contributed by atoms with E-state index >= 15 is 0 Å². The summed E-state index contributed by atoms with van der Waals surface area (Å²) in [7, 11) is 0. The van der Waals surface area contributed by atoms with Gasteiger partial charge >= 0.3 is 0 Å². The van der Waals surface area contributed by atoms with Crippen molar-refractivity contribution in [3.8, 4) is 11.8 Å². The minimum absolute atomic E-state index is 0.594. The van der Waals surface area contributed by atoms with Crippen molar-refractivity contribution >= 4 is 22.8 Å². The summed E-state index contributed by atoms with van der Waals surface area (Å²) in [5.74, 6) is 8.93. The van der Waals surface area contributed by atoms with Crippen molar-refractivity contribution in [2.24, 2.45) is 17.3 Å². The zero-order valence-electron chi connectivity index (χ0n) is 24.9. The van der Waals surface area contributed by atoms with Gasteiger partial charge in [-0.05, 0) is 124 Å². The lowest BCUT2D eigenvalue weighted by molar-refractivity contribution is 0.163. The van der Waals surface area contributed by atoms with Gasteiger partial charge in [-0.2, -0.15) is 0 Å². The number of allylic oxidation sites excluding steroid dienone is 6. The predicted molar refractivity (Wildman–Crippen MR) is 173 cm³/mol. The molecule has 1 heterocycles. The molecule has 4 unspecified atom stereocenters. The van der Waals surface area contributed by atoms with Gasteiger partial charge < -0.3 is 9.80 Å². The lowest BCUT2D eigenvalue weighted by Crippen LogP contribution is -2.34. The highest BCUT2D eigenvalue weighted by molar-refractivity contribution is 7.80. The van der Waals surface area contributed by atoms with Crippen LogP contribution in [0.4, 0.5) is 0 Å². The van der Waals surface area contributed by atoms with E-state index in [1.54, 1.807) is 0 Å². The molecule has 1 spiro atoms. The predicted octanol–water partition coefficient (Wildman–Crippen LogP) is 8.65. The molecular formula is C37H46N2S. The van der Waals surface area contributed by atoms with Crippen LogP contribution in [0.15, 0.2) is 65.4 Å². The average molecular weight is 551 g/mol. The molecule has 3 saturated carbocycles. The van der Waals surface area contributed by atoms with Gasteiger partial charge in [0, 0.05) is 30.2 Å². The monoisotopic (exact) mass is 550 g/mol. The fraction of sp³-hybridized carbons (Fsp3) is 0.541. The highest BCUT2D eigenvalue weighted by Gasteiger charge is 2.72. The molecule has 1 saturated heterocycles. The number of thiocarbonyl (C=S) groups is 1. The van der Waals surface area contributed by atoms with E-state index in [1.165, 1.54) is 85.0 Å². The maximum atomic E-state index is 6.00. The number of likely N-dealkylation sites (tertiary alicyclic amines) is 1. The van der Waals surface area contributed by atoms with Crippen LogP contribution in [0.25, 0.3) is 5.57 Å². The molecule has 6 rings (SSSR count). The molecular weight excluding hydrogens is 504 g/mol.